The molecule has 106 valence electrons. The van der Waals surface area contributed by atoms with E-state index in [1.165, 1.54) is 0 Å². The second-order valence-corrected chi connectivity index (χ2v) is 5.81. The molecule has 0 saturated carbocycles. The van der Waals surface area contributed by atoms with Crippen molar-refractivity contribution >= 4 is 17.5 Å². The average molecular weight is 285 g/mol. The summed E-state index contributed by atoms with van der Waals surface area (Å²) in [5, 5.41) is 13.2. The van der Waals surface area contributed by atoms with E-state index in [9.17, 15) is 9.90 Å². The van der Waals surface area contributed by atoms with Gasteiger partial charge in [0.2, 0.25) is 0 Å². The van der Waals surface area contributed by atoms with Gasteiger partial charge in [-0.25, -0.2) is 0 Å². The smallest absolute Gasteiger partial charge is 0.252 e. The Bertz CT molecular complexity index is 459. The van der Waals surface area contributed by atoms with Crippen molar-refractivity contribution < 1.29 is 9.90 Å². The molecule has 1 aromatic rings. The molecule has 19 heavy (non-hydrogen) atoms. The van der Waals surface area contributed by atoms with Crippen LogP contribution in [-0.2, 0) is 0 Å². The van der Waals surface area contributed by atoms with Crippen LogP contribution in [0.3, 0.4) is 0 Å². The first-order chi connectivity index (χ1) is 8.71. The van der Waals surface area contributed by atoms with Gasteiger partial charge in [0.25, 0.3) is 5.91 Å². The van der Waals surface area contributed by atoms with Gasteiger partial charge in [-0.2, -0.15) is 0 Å². The van der Waals surface area contributed by atoms with Crippen LogP contribution in [0.15, 0.2) is 18.2 Å². The maximum absolute atomic E-state index is 12.0. The van der Waals surface area contributed by atoms with Gasteiger partial charge in [-0.1, -0.05) is 17.7 Å². The molecule has 0 aliphatic carbocycles. The summed E-state index contributed by atoms with van der Waals surface area (Å²) in [6.07, 6.45) is 0. The molecular weight excluding hydrogens is 264 g/mol. The minimum atomic E-state index is -0.976. The van der Waals surface area contributed by atoms with Gasteiger partial charge in [-0.15, -0.1) is 0 Å². The fraction of sp³-hybridized carbons (Fsp3) is 0.500. The predicted molar refractivity (Wildman–Crippen MR) is 77.7 cm³/mol. The number of likely N-dealkylation sites (N-methyl/N-ethyl adjacent to an activating group) is 1. The number of aryl methyl sites for hydroxylation is 1. The molecule has 0 aromatic heterocycles. The number of carbonyl (C=O) groups is 1. The molecule has 0 bridgehead atoms. The highest BCUT2D eigenvalue weighted by Crippen LogP contribution is 2.17. The Hall–Kier alpha value is -1.10. The lowest BCUT2D eigenvalue weighted by Crippen LogP contribution is -2.47. The van der Waals surface area contributed by atoms with Gasteiger partial charge in [0, 0.05) is 13.1 Å². The normalized spacial score (nSPS) is 14.3. The molecule has 1 unspecified atom stereocenters. The molecule has 1 aromatic carbocycles. The minimum Gasteiger partial charge on any atom is -0.387 e. The van der Waals surface area contributed by atoms with Crippen molar-refractivity contribution in [3.05, 3.63) is 34.3 Å². The summed E-state index contributed by atoms with van der Waals surface area (Å²) in [6.45, 7) is 4.24. The molecule has 1 atom stereocenters. The molecule has 0 spiro atoms. The maximum atomic E-state index is 12.0. The summed E-state index contributed by atoms with van der Waals surface area (Å²) >= 11 is 6.03. The first-order valence-corrected chi connectivity index (χ1v) is 6.50. The van der Waals surface area contributed by atoms with Crippen LogP contribution in [0, 0.1) is 6.92 Å². The Kier molecular flexibility index (Phi) is 5.35. The van der Waals surface area contributed by atoms with Crippen molar-refractivity contribution in [3.63, 3.8) is 0 Å². The van der Waals surface area contributed by atoms with Crippen molar-refractivity contribution in [2.75, 3.05) is 27.2 Å². The Morgan fingerprint density at radius 3 is 2.63 bits per heavy atom. The van der Waals surface area contributed by atoms with E-state index in [4.69, 9.17) is 11.6 Å². The van der Waals surface area contributed by atoms with Crippen LogP contribution in [-0.4, -0.2) is 48.7 Å². The van der Waals surface area contributed by atoms with E-state index in [-0.39, 0.29) is 12.5 Å². The molecule has 0 aliphatic rings. The van der Waals surface area contributed by atoms with Crippen LogP contribution in [0.25, 0.3) is 0 Å². The van der Waals surface area contributed by atoms with E-state index in [0.29, 0.717) is 17.1 Å². The van der Waals surface area contributed by atoms with Crippen LogP contribution < -0.4 is 5.32 Å². The van der Waals surface area contributed by atoms with Gasteiger partial charge in [0.15, 0.2) is 0 Å². The Balaban J connectivity index is 2.65. The van der Waals surface area contributed by atoms with Crippen LogP contribution >= 0.6 is 11.6 Å². The monoisotopic (exact) mass is 284 g/mol. The number of halogens is 1. The fourth-order valence-corrected chi connectivity index (χ4v) is 2.23. The molecule has 0 fully saturated rings. The van der Waals surface area contributed by atoms with Crippen molar-refractivity contribution in [2.45, 2.75) is 19.4 Å². The third kappa shape index (κ3) is 5.19. The Morgan fingerprint density at radius 1 is 1.47 bits per heavy atom. The van der Waals surface area contributed by atoms with E-state index in [1.54, 1.807) is 19.1 Å². The van der Waals surface area contributed by atoms with Gasteiger partial charge in [-0.05, 0) is 45.6 Å². The van der Waals surface area contributed by atoms with Gasteiger partial charge in [-0.3, -0.25) is 4.79 Å². The molecule has 5 heteroatoms. The highest BCUT2D eigenvalue weighted by molar-refractivity contribution is 6.33. The van der Waals surface area contributed by atoms with Crippen molar-refractivity contribution in [2.24, 2.45) is 0 Å². The third-order valence-corrected chi connectivity index (χ3v) is 2.97. The lowest BCUT2D eigenvalue weighted by Gasteiger charge is -2.27. The molecule has 0 aliphatic heterocycles. The molecule has 0 heterocycles. The fourth-order valence-electron chi connectivity index (χ4n) is 1.91. The number of rotatable bonds is 5. The SMILES string of the molecule is Cc1ccc(C(=O)NCC(C)(O)CN(C)C)c(Cl)c1. The first kappa shape index (κ1) is 16.0. The van der Waals surface area contributed by atoms with Crippen LogP contribution in [0.1, 0.15) is 22.8 Å². The molecule has 1 amide bonds. The summed E-state index contributed by atoms with van der Waals surface area (Å²) in [5.41, 5.74) is 0.449. The molecule has 2 N–H and O–H groups in total. The van der Waals surface area contributed by atoms with Gasteiger partial charge >= 0.3 is 0 Å². The summed E-state index contributed by atoms with van der Waals surface area (Å²) in [5.74, 6) is -0.274. The summed E-state index contributed by atoms with van der Waals surface area (Å²) in [7, 11) is 3.74. The zero-order chi connectivity index (χ0) is 14.6. The van der Waals surface area contributed by atoms with Crippen molar-refractivity contribution in [1.82, 2.24) is 10.2 Å². The molecule has 1 rings (SSSR count). The largest absolute Gasteiger partial charge is 0.387 e. The summed E-state index contributed by atoms with van der Waals surface area (Å²) in [4.78, 5) is 13.9. The van der Waals surface area contributed by atoms with Crippen LogP contribution in [0.5, 0.6) is 0 Å². The Morgan fingerprint density at radius 2 is 2.11 bits per heavy atom. The second kappa shape index (κ2) is 6.37. The number of nitrogens with one attached hydrogen (secondary N) is 1. The quantitative estimate of drug-likeness (QED) is 0.865. The lowest BCUT2D eigenvalue weighted by atomic mass is 10.1. The van der Waals surface area contributed by atoms with E-state index >= 15 is 0 Å². The number of benzene rings is 1. The topological polar surface area (TPSA) is 52.6 Å². The lowest BCUT2D eigenvalue weighted by molar-refractivity contribution is 0.0326. The van der Waals surface area contributed by atoms with Crippen LogP contribution in [0.2, 0.25) is 5.02 Å². The molecular formula is C14H21ClN2O2. The third-order valence-electron chi connectivity index (χ3n) is 2.66. The molecule has 4 nitrogen and oxygen atoms in total. The van der Waals surface area contributed by atoms with Gasteiger partial charge in [0.1, 0.15) is 0 Å². The first-order valence-electron chi connectivity index (χ1n) is 6.13. The predicted octanol–water partition coefficient (Wildman–Crippen LogP) is 1.69. The van der Waals surface area contributed by atoms with Gasteiger partial charge in [0.05, 0.1) is 16.2 Å². The Labute approximate surface area is 119 Å². The average Bonchev–Trinajstić information content (AvgIpc) is 2.24. The zero-order valence-corrected chi connectivity index (χ0v) is 12.6. The molecule has 0 saturated heterocycles. The minimum absolute atomic E-state index is 0.175. The number of carbonyl (C=O) groups excluding carboxylic acids is 1. The number of amides is 1. The highest BCUT2D eigenvalue weighted by atomic mass is 35.5. The zero-order valence-electron chi connectivity index (χ0n) is 11.8. The van der Waals surface area contributed by atoms with Crippen molar-refractivity contribution in [1.29, 1.82) is 0 Å². The van der Waals surface area contributed by atoms with Gasteiger partial charge < -0.3 is 15.3 Å². The number of nitrogens with zero attached hydrogens (tertiary/aromatic N) is 1. The highest BCUT2D eigenvalue weighted by Gasteiger charge is 2.22. The number of aliphatic hydroxyl groups is 1. The standard InChI is InChI=1S/C14H21ClN2O2/c1-10-5-6-11(12(15)7-10)13(18)16-8-14(2,19)9-17(3)4/h5-7,19H,8-9H2,1-4H3,(H,16,18). The second-order valence-electron chi connectivity index (χ2n) is 5.40. The maximum Gasteiger partial charge on any atom is 0.252 e. The summed E-state index contributed by atoms with van der Waals surface area (Å²) < 4.78 is 0. The van der Waals surface area contributed by atoms with E-state index in [2.05, 4.69) is 5.32 Å². The summed E-state index contributed by atoms with van der Waals surface area (Å²) in [6, 6.07) is 5.26. The van der Waals surface area contributed by atoms with E-state index < -0.39 is 5.60 Å². The van der Waals surface area contributed by atoms with E-state index in [0.717, 1.165) is 5.56 Å². The van der Waals surface area contributed by atoms with E-state index in [1.807, 2.05) is 32.0 Å². The van der Waals surface area contributed by atoms with Crippen LogP contribution in [0.4, 0.5) is 0 Å². The van der Waals surface area contributed by atoms with Crippen molar-refractivity contribution in [3.8, 4) is 0 Å². The number of hydrogen-bond donors (Lipinski definition) is 2. The molecule has 0 radical (unpaired) electrons. The number of hydrogen-bond acceptors (Lipinski definition) is 3.